The fourth-order valence-corrected chi connectivity index (χ4v) is 12.9. The van der Waals surface area contributed by atoms with Gasteiger partial charge in [0.05, 0.1) is 11.4 Å². The summed E-state index contributed by atoms with van der Waals surface area (Å²) in [5, 5.41) is 12.7. The van der Waals surface area contributed by atoms with Crippen LogP contribution in [-0.2, 0) is 0 Å². The van der Waals surface area contributed by atoms with Gasteiger partial charge in [0.25, 0.3) is 0 Å². The lowest BCUT2D eigenvalue weighted by atomic mass is 9.89. The zero-order valence-corrected chi connectivity index (χ0v) is 38.3. The molecule has 0 unspecified atom stereocenters. The van der Waals surface area contributed by atoms with Crippen LogP contribution in [0, 0.1) is 0 Å². The summed E-state index contributed by atoms with van der Waals surface area (Å²) in [5.74, 6) is 0.694. The molecule has 0 aliphatic carbocycles. The smallest absolute Gasteiger partial charge is 0.160 e. The lowest BCUT2D eigenvalue weighted by Gasteiger charge is -2.15. The normalized spacial score (nSPS) is 11.8. The highest BCUT2D eigenvalue weighted by Gasteiger charge is 2.17. The molecular formula is C64H38N2S2. The minimum Gasteiger partial charge on any atom is -0.228 e. The monoisotopic (exact) mass is 898 g/mol. The summed E-state index contributed by atoms with van der Waals surface area (Å²) in [4.78, 5) is 10.6. The third-order valence-corrected chi connectivity index (χ3v) is 16.2. The van der Waals surface area contributed by atoms with Crippen LogP contribution < -0.4 is 0 Å². The molecule has 3 aromatic heterocycles. The summed E-state index contributed by atoms with van der Waals surface area (Å²) in [6.07, 6.45) is 0. The second kappa shape index (κ2) is 15.7. The molecule has 0 amide bonds. The molecule has 0 atom stereocenters. The predicted octanol–water partition coefficient (Wildman–Crippen LogP) is 18.7. The van der Waals surface area contributed by atoms with Crippen LogP contribution in [0.5, 0.6) is 0 Å². The summed E-state index contributed by atoms with van der Waals surface area (Å²) in [6.45, 7) is 0. The number of thiophene rings is 2. The van der Waals surface area contributed by atoms with Crippen molar-refractivity contribution >= 4 is 95.3 Å². The van der Waals surface area contributed by atoms with Crippen molar-refractivity contribution in [1.29, 1.82) is 0 Å². The third-order valence-electron chi connectivity index (χ3n) is 13.7. The zero-order valence-electron chi connectivity index (χ0n) is 36.7. The molecule has 2 nitrogen and oxygen atoms in total. The van der Waals surface area contributed by atoms with Gasteiger partial charge in [-0.3, -0.25) is 0 Å². The fourth-order valence-electron chi connectivity index (χ4n) is 10.4. The Morgan fingerprint density at radius 2 is 0.721 bits per heavy atom. The average Bonchev–Trinajstić information content (AvgIpc) is 3.99. The maximum atomic E-state index is 5.33. The van der Waals surface area contributed by atoms with Crippen molar-refractivity contribution in [2.75, 3.05) is 0 Å². The SMILES string of the molecule is c1ccc2c(-c3ccc(-c4cc(-c5ccc(-c6cccc7c6sc6ccccc67)cc5)nc(-c5ccc(-c6cccc7c6sc6ccccc67)cc5)n4)cc3)c3ccc4ccccc4c3cc2c1. The van der Waals surface area contributed by atoms with Crippen molar-refractivity contribution in [3.63, 3.8) is 0 Å². The van der Waals surface area contributed by atoms with Gasteiger partial charge in [-0.25, -0.2) is 9.97 Å². The second-order valence-corrected chi connectivity index (χ2v) is 19.7. The number of aromatic nitrogens is 2. The summed E-state index contributed by atoms with van der Waals surface area (Å²) >= 11 is 3.72. The van der Waals surface area contributed by atoms with Crippen LogP contribution in [0.2, 0.25) is 0 Å². The molecule has 0 aliphatic heterocycles. The van der Waals surface area contributed by atoms with Crippen LogP contribution in [0.15, 0.2) is 231 Å². The van der Waals surface area contributed by atoms with Crippen molar-refractivity contribution in [3.05, 3.63) is 231 Å². The van der Waals surface area contributed by atoms with E-state index >= 15 is 0 Å². The molecule has 0 saturated carbocycles. The Hall–Kier alpha value is -8.28. The van der Waals surface area contributed by atoms with Crippen LogP contribution in [0.4, 0.5) is 0 Å². The first-order chi connectivity index (χ1) is 33.7. The highest BCUT2D eigenvalue weighted by molar-refractivity contribution is 7.26. The van der Waals surface area contributed by atoms with Gasteiger partial charge < -0.3 is 0 Å². The van der Waals surface area contributed by atoms with E-state index in [4.69, 9.17) is 9.97 Å². The number of hydrogen-bond acceptors (Lipinski definition) is 4. The molecule has 4 heteroatoms. The van der Waals surface area contributed by atoms with Crippen LogP contribution >= 0.6 is 22.7 Å². The lowest BCUT2D eigenvalue weighted by molar-refractivity contribution is 1.18. The largest absolute Gasteiger partial charge is 0.228 e. The quantitative estimate of drug-likeness (QED) is 0.123. The second-order valence-electron chi connectivity index (χ2n) is 17.6. The predicted molar refractivity (Wildman–Crippen MR) is 293 cm³/mol. The van der Waals surface area contributed by atoms with E-state index in [1.807, 2.05) is 22.7 Å². The molecule has 68 heavy (non-hydrogen) atoms. The van der Waals surface area contributed by atoms with E-state index in [2.05, 4.69) is 231 Å². The van der Waals surface area contributed by atoms with Crippen molar-refractivity contribution < 1.29 is 0 Å². The Bertz CT molecular complexity index is 4120. The highest BCUT2D eigenvalue weighted by atomic mass is 32.1. The van der Waals surface area contributed by atoms with Gasteiger partial charge in [0, 0.05) is 57.0 Å². The highest BCUT2D eigenvalue weighted by Crippen LogP contribution is 2.43. The van der Waals surface area contributed by atoms with E-state index in [0.717, 1.165) is 28.1 Å². The van der Waals surface area contributed by atoms with E-state index < -0.39 is 0 Å². The van der Waals surface area contributed by atoms with E-state index in [1.54, 1.807) is 0 Å². The summed E-state index contributed by atoms with van der Waals surface area (Å²) in [7, 11) is 0. The average molecular weight is 899 g/mol. The molecular weight excluding hydrogens is 861 g/mol. The van der Waals surface area contributed by atoms with Gasteiger partial charge >= 0.3 is 0 Å². The molecule has 0 aliphatic rings. The van der Waals surface area contributed by atoms with Gasteiger partial charge in [0.2, 0.25) is 0 Å². The van der Waals surface area contributed by atoms with E-state index in [1.165, 1.54) is 106 Å². The summed E-state index contributed by atoms with van der Waals surface area (Å²) < 4.78 is 5.24. The van der Waals surface area contributed by atoms with Gasteiger partial charge in [0.1, 0.15) is 0 Å². The Morgan fingerprint density at radius 3 is 1.31 bits per heavy atom. The first-order valence-corrected chi connectivity index (χ1v) is 24.7. The van der Waals surface area contributed by atoms with Gasteiger partial charge in [-0.15, -0.1) is 22.7 Å². The molecule has 0 spiro atoms. The van der Waals surface area contributed by atoms with Crippen molar-refractivity contribution in [3.8, 4) is 67.3 Å². The molecule has 316 valence electrons. The Kier molecular flexibility index (Phi) is 8.98. The number of rotatable bonds is 6. The maximum Gasteiger partial charge on any atom is 0.160 e. The first-order valence-electron chi connectivity index (χ1n) is 23.0. The summed E-state index contributed by atoms with van der Waals surface area (Å²) in [5.41, 5.74) is 12.1. The van der Waals surface area contributed by atoms with Gasteiger partial charge in [-0.1, -0.05) is 206 Å². The molecule has 3 heterocycles. The van der Waals surface area contributed by atoms with Crippen LogP contribution in [-0.4, -0.2) is 9.97 Å². The van der Waals surface area contributed by atoms with Gasteiger partial charge in [0.15, 0.2) is 5.82 Å². The summed E-state index contributed by atoms with van der Waals surface area (Å²) in [6, 6.07) is 83.9. The Balaban J connectivity index is 0.884. The van der Waals surface area contributed by atoms with E-state index in [-0.39, 0.29) is 0 Å². The number of fused-ring (bicyclic) bond motifs is 10. The third kappa shape index (κ3) is 6.37. The molecule has 11 aromatic carbocycles. The lowest BCUT2D eigenvalue weighted by Crippen LogP contribution is -1.96. The van der Waals surface area contributed by atoms with Crippen LogP contribution in [0.1, 0.15) is 0 Å². The Morgan fingerprint density at radius 1 is 0.265 bits per heavy atom. The van der Waals surface area contributed by atoms with E-state index in [9.17, 15) is 0 Å². The van der Waals surface area contributed by atoms with Gasteiger partial charge in [-0.05, 0) is 90.0 Å². The minimum absolute atomic E-state index is 0.694. The number of benzene rings is 11. The minimum atomic E-state index is 0.694. The van der Waals surface area contributed by atoms with E-state index in [0.29, 0.717) is 5.82 Å². The molecule has 0 saturated heterocycles. The number of hydrogen-bond donors (Lipinski definition) is 0. The topological polar surface area (TPSA) is 25.8 Å². The van der Waals surface area contributed by atoms with Crippen LogP contribution in [0.25, 0.3) is 140 Å². The molecule has 0 fully saturated rings. The molecule has 0 N–H and O–H groups in total. The van der Waals surface area contributed by atoms with Crippen LogP contribution in [0.3, 0.4) is 0 Å². The first kappa shape index (κ1) is 38.9. The fraction of sp³-hybridized carbons (Fsp3) is 0. The molecule has 0 bridgehead atoms. The van der Waals surface area contributed by atoms with Crippen molar-refractivity contribution in [2.24, 2.45) is 0 Å². The molecule has 0 radical (unpaired) electrons. The van der Waals surface area contributed by atoms with Crippen molar-refractivity contribution in [2.45, 2.75) is 0 Å². The zero-order chi connectivity index (χ0) is 44.7. The Labute approximate surface area is 400 Å². The number of nitrogens with zero attached hydrogens (tertiary/aromatic N) is 2. The standard InChI is InChI=1S/C64H38N2S2/c1-3-13-47-39(11-1)35-36-53-56(47)37-46-12-2-4-14-48(46)61(53)44-31-29-43(30-32-44)58-38-57(42-27-23-40(24-28-42)49-17-9-19-54-51-15-5-7-21-59(51)67-62(49)54)65-64(66-58)45-33-25-41(26-34-45)50-18-10-20-55-52-16-6-8-22-60(52)68-63(50)55/h1-38H. The van der Waals surface area contributed by atoms with Gasteiger partial charge in [-0.2, -0.15) is 0 Å². The van der Waals surface area contributed by atoms with Crippen molar-refractivity contribution in [1.82, 2.24) is 9.97 Å². The molecule has 14 aromatic rings. The molecule has 14 rings (SSSR count). The maximum absolute atomic E-state index is 5.33.